The Kier molecular flexibility index (Phi) is 9.71. The molecule has 4 aliphatic rings. The predicted octanol–water partition coefficient (Wildman–Crippen LogP) is 12.9. The van der Waals surface area contributed by atoms with Gasteiger partial charge in [0.15, 0.2) is 0 Å². The van der Waals surface area contributed by atoms with Crippen LogP contribution in [0, 0.1) is 22.7 Å². The van der Waals surface area contributed by atoms with Crippen molar-refractivity contribution in [3.05, 3.63) is 149 Å². The van der Waals surface area contributed by atoms with Gasteiger partial charge in [-0.15, -0.1) is 0 Å². The number of hydrogen-bond donors (Lipinski definition) is 0. The molecule has 0 radical (unpaired) electrons. The summed E-state index contributed by atoms with van der Waals surface area (Å²) in [5.74, 6) is 0.882. The van der Waals surface area contributed by atoms with E-state index >= 15 is 0 Å². The Morgan fingerprint density at radius 2 is 1.22 bits per heavy atom. The van der Waals surface area contributed by atoms with Crippen molar-refractivity contribution in [1.82, 2.24) is 0 Å². The van der Waals surface area contributed by atoms with Crippen molar-refractivity contribution in [3.8, 4) is 0 Å². The minimum Gasteiger partial charge on any atom is -0.312 e. The van der Waals surface area contributed by atoms with Gasteiger partial charge in [0.05, 0.1) is 0 Å². The molecule has 0 spiro atoms. The third kappa shape index (κ3) is 7.02. The molecule has 2 heterocycles. The molecule has 2 unspecified atom stereocenters. The first-order chi connectivity index (χ1) is 27.0. The highest BCUT2D eigenvalue weighted by Gasteiger charge is 2.49. The van der Waals surface area contributed by atoms with Crippen LogP contribution in [0.1, 0.15) is 107 Å². The SMILES string of the molecule is CC(C)(C)c1ccc(N2C3=C(CC(C(C)(C)C)C=C3)B3C4=CCC(C(C)(C)C)C=C4N(c4cccc(C(C)(C)C)c4)c4cc([Si](C)(C)c5ccccc5)cc2c43)cc1. The first-order valence-corrected chi connectivity index (χ1v) is 24.9. The number of allylic oxidation sites excluding steroid dienone is 6. The van der Waals surface area contributed by atoms with Crippen molar-refractivity contribution in [1.29, 1.82) is 0 Å². The molecule has 2 aliphatic carbocycles. The molecule has 4 aromatic rings. The number of benzene rings is 4. The molecule has 0 saturated carbocycles. The van der Waals surface area contributed by atoms with Crippen molar-refractivity contribution >= 4 is 53.4 Å². The third-order valence-corrected chi connectivity index (χ3v) is 17.5. The van der Waals surface area contributed by atoms with E-state index in [0.717, 1.165) is 12.8 Å². The molecule has 0 bridgehead atoms. The van der Waals surface area contributed by atoms with Crippen molar-refractivity contribution < 1.29 is 0 Å². The number of anilines is 4. The van der Waals surface area contributed by atoms with Crippen LogP contribution in [0.2, 0.25) is 13.1 Å². The van der Waals surface area contributed by atoms with Gasteiger partial charge in [-0.2, -0.15) is 0 Å². The Morgan fingerprint density at radius 3 is 1.83 bits per heavy atom. The summed E-state index contributed by atoms with van der Waals surface area (Å²) in [5.41, 5.74) is 15.6. The summed E-state index contributed by atoms with van der Waals surface area (Å²) in [6.07, 6.45) is 12.5. The van der Waals surface area contributed by atoms with Crippen LogP contribution in [0.3, 0.4) is 0 Å². The second kappa shape index (κ2) is 13.9. The molecule has 0 N–H and O–H groups in total. The minimum atomic E-state index is -2.18. The molecule has 8 rings (SSSR count). The van der Waals surface area contributed by atoms with Gasteiger partial charge in [0.1, 0.15) is 8.07 Å². The summed E-state index contributed by atoms with van der Waals surface area (Å²) >= 11 is 0. The van der Waals surface area contributed by atoms with E-state index < -0.39 is 8.07 Å². The van der Waals surface area contributed by atoms with Crippen LogP contribution in [-0.4, -0.2) is 14.8 Å². The van der Waals surface area contributed by atoms with Gasteiger partial charge in [-0.25, -0.2) is 0 Å². The molecule has 58 heavy (non-hydrogen) atoms. The van der Waals surface area contributed by atoms with E-state index in [9.17, 15) is 0 Å². The first kappa shape index (κ1) is 40.5. The van der Waals surface area contributed by atoms with Crippen molar-refractivity contribution in [2.45, 2.75) is 120 Å². The lowest BCUT2D eigenvalue weighted by molar-refractivity contribution is 0.290. The first-order valence-electron chi connectivity index (χ1n) is 21.9. The van der Waals surface area contributed by atoms with Crippen molar-refractivity contribution in [2.75, 3.05) is 9.80 Å². The quantitative estimate of drug-likeness (QED) is 0.190. The third-order valence-electron chi connectivity index (χ3n) is 14.0. The molecule has 4 aromatic carbocycles. The van der Waals surface area contributed by atoms with Gasteiger partial charge in [0, 0.05) is 34.1 Å². The summed E-state index contributed by atoms with van der Waals surface area (Å²) in [4.78, 5) is 5.35. The van der Waals surface area contributed by atoms with Crippen LogP contribution < -0.4 is 25.6 Å². The largest absolute Gasteiger partial charge is 0.312 e. The van der Waals surface area contributed by atoms with Crippen LogP contribution >= 0.6 is 0 Å². The van der Waals surface area contributed by atoms with Gasteiger partial charge in [-0.05, 0) is 111 Å². The number of rotatable bonds is 4. The monoisotopic (exact) mass is 783 g/mol. The highest BCUT2D eigenvalue weighted by atomic mass is 28.3. The zero-order chi connectivity index (χ0) is 41.7. The molecule has 0 saturated heterocycles. The molecule has 2 aliphatic heterocycles. The maximum Gasteiger partial charge on any atom is 0.247 e. The molecule has 0 amide bonds. The summed E-state index contributed by atoms with van der Waals surface area (Å²) in [6.45, 7) is 33.8. The Labute approximate surface area is 352 Å². The smallest absolute Gasteiger partial charge is 0.247 e. The minimum absolute atomic E-state index is 0.0253. The highest BCUT2D eigenvalue weighted by molar-refractivity contribution is 7.00. The average molecular weight is 783 g/mol. The van der Waals surface area contributed by atoms with E-state index in [-0.39, 0.29) is 28.4 Å². The molecular weight excluding hydrogens is 716 g/mol. The van der Waals surface area contributed by atoms with Gasteiger partial charge < -0.3 is 9.80 Å². The lowest BCUT2D eigenvalue weighted by atomic mass is 9.30. The summed E-state index contributed by atoms with van der Waals surface area (Å²) in [7, 11) is -2.18. The van der Waals surface area contributed by atoms with E-state index in [4.69, 9.17) is 0 Å². The summed E-state index contributed by atoms with van der Waals surface area (Å²) in [5, 5.41) is 2.93. The Balaban J connectivity index is 1.49. The van der Waals surface area contributed by atoms with E-state index in [0.29, 0.717) is 11.8 Å². The second-order valence-corrected chi connectivity index (χ2v) is 26.9. The topological polar surface area (TPSA) is 6.48 Å². The number of fused-ring (bicyclic) bond motifs is 3. The standard InChI is InChI=1S/C54H67BN2Si/c1-51(2,3)36-23-27-40(28-24-36)56-46-30-26-38(53(7,8)9)32-45(46)55-44-29-25-39(54(10,11)12)33-47(44)57(41-20-18-19-37(31-41)52(4,5)6)49-35-43(34-48(56)50(49)55)58(13,14)42-21-16-15-17-22-42/h15-24,26-31,33-35,38-39H,25,32H2,1-14H3. The van der Waals surface area contributed by atoms with Gasteiger partial charge in [-0.3, -0.25) is 0 Å². The van der Waals surface area contributed by atoms with Crippen LogP contribution in [0.15, 0.2) is 138 Å². The average Bonchev–Trinajstić information content (AvgIpc) is 3.16. The maximum atomic E-state index is 2.69. The Bertz CT molecular complexity index is 2360. The van der Waals surface area contributed by atoms with E-state index in [2.05, 4.69) is 221 Å². The fraction of sp³-hybridized carbons (Fsp3) is 0.407. The number of nitrogens with zero attached hydrogens (tertiary/aromatic N) is 2. The Hall–Kier alpha value is -4.28. The summed E-state index contributed by atoms with van der Waals surface area (Å²) < 4.78 is 0. The normalized spacial score (nSPS) is 19.7. The zero-order valence-corrected chi connectivity index (χ0v) is 39.0. The molecule has 0 aromatic heterocycles. The molecule has 300 valence electrons. The molecule has 2 atom stereocenters. The molecule has 2 nitrogen and oxygen atoms in total. The van der Waals surface area contributed by atoms with Gasteiger partial charge in [-0.1, -0.05) is 185 Å². The molecule has 0 fully saturated rings. The molecule has 4 heteroatoms. The van der Waals surface area contributed by atoms with E-state index in [1.165, 1.54) is 66.6 Å². The van der Waals surface area contributed by atoms with Crippen molar-refractivity contribution in [2.24, 2.45) is 22.7 Å². The maximum absolute atomic E-state index is 2.69. The van der Waals surface area contributed by atoms with Crippen LogP contribution in [0.5, 0.6) is 0 Å². The second-order valence-electron chi connectivity index (χ2n) is 22.5. The lowest BCUT2D eigenvalue weighted by Gasteiger charge is -2.50. The van der Waals surface area contributed by atoms with Crippen molar-refractivity contribution in [3.63, 3.8) is 0 Å². The van der Waals surface area contributed by atoms with Gasteiger partial charge in [0.25, 0.3) is 0 Å². The highest BCUT2D eigenvalue weighted by Crippen LogP contribution is 2.52. The van der Waals surface area contributed by atoms with Crippen LogP contribution in [0.25, 0.3) is 0 Å². The van der Waals surface area contributed by atoms with E-state index in [1.807, 2.05) is 0 Å². The van der Waals surface area contributed by atoms with E-state index in [1.54, 1.807) is 5.47 Å². The fourth-order valence-electron chi connectivity index (χ4n) is 9.82. The van der Waals surface area contributed by atoms with Gasteiger partial charge in [0.2, 0.25) is 6.71 Å². The zero-order valence-electron chi connectivity index (χ0n) is 38.0. The Morgan fingerprint density at radius 1 is 0.603 bits per heavy atom. The van der Waals surface area contributed by atoms with Gasteiger partial charge >= 0.3 is 0 Å². The van der Waals surface area contributed by atoms with Crippen LogP contribution in [0.4, 0.5) is 22.7 Å². The number of hydrogen-bond acceptors (Lipinski definition) is 2. The predicted molar refractivity (Wildman–Crippen MR) is 257 cm³/mol. The van der Waals surface area contributed by atoms with Crippen LogP contribution in [-0.2, 0) is 10.8 Å². The molecular formula is C54H67BN2Si. The summed E-state index contributed by atoms with van der Waals surface area (Å²) in [6, 6.07) is 35.6. The fourth-order valence-corrected chi connectivity index (χ4v) is 12.2. The lowest BCUT2D eigenvalue weighted by Crippen LogP contribution is -2.57.